The van der Waals surface area contributed by atoms with Crippen LogP contribution in [0.15, 0.2) is 12.2 Å². The minimum Gasteiger partial charge on any atom is -0.291 e. The molecule has 0 radical (unpaired) electrons. The lowest BCUT2D eigenvalue weighted by Gasteiger charge is -2.47. The maximum Gasteiger partial charge on any atom is 0.0332 e. The molecule has 0 aromatic rings. The minimum absolute atomic E-state index is 0.280. The number of rotatable bonds is 0. The van der Waals surface area contributed by atoms with Gasteiger partial charge in [0.05, 0.1) is 0 Å². The van der Waals surface area contributed by atoms with E-state index in [9.17, 15) is 0 Å². The molecule has 0 bridgehead atoms. The van der Waals surface area contributed by atoms with Crippen molar-refractivity contribution in [3.63, 3.8) is 0 Å². The van der Waals surface area contributed by atoms with Gasteiger partial charge in [0.2, 0.25) is 0 Å². The molecule has 82 valence electrons. The monoisotopic (exact) mass is 195 g/mol. The Morgan fingerprint density at radius 1 is 1.07 bits per heavy atom. The van der Waals surface area contributed by atoms with Gasteiger partial charge in [0, 0.05) is 18.1 Å². The summed E-state index contributed by atoms with van der Waals surface area (Å²) in [6.45, 7) is 15.1. The fraction of sp³-hybridized carbons (Fsp3) is 0.846. The predicted octanol–water partition coefficient (Wildman–Crippen LogP) is 3.46. The van der Waals surface area contributed by atoms with Gasteiger partial charge in [-0.15, -0.1) is 0 Å². The van der Waals surface area contributed by atoms with E-state index < -0.39 is 0 Å². The molecule has 0 fully saturated rings. The zero-order valence-corrected chi connectivity index (χ0v) is 10.6. The largest absolute Gasteiger partial charge is 0.291 e. The van der Waals surface area contributed by atoms with E-state index in [-0.39, 0.29) is 5.54 Å². The third-order valence-electron chi connectivity index (χ3n) is 2.94. The molecular weight excluding hydrogens is 170 g/mol. The lowest BCUT2D eigenvalue weighted by molar-refractivity contribution is 0.0444. The Kier molecular flexibility index (Phi) is 3.10. The Morgan fingerprint density at radius 3 is 2.00 bits per heavy atom. The third kappa shape index (κ3) is 2.60. The first-order chi connectivity index (χ1) is 6.23. The average molecular weight is 195 g/mol. The summed E-state index contributed by atoms with van der Waals surface area (Å²) in [5.41, 5.74) is 0.618. The second-order valence-electron chi connectivity index (χ2n) is 6.39. The molecule has 1 aliphatic heterocycles. The number of nitrogens with zero attached hydrogens (tertiary/aromatic N) is 1. The highest BCUT2D eigenvalue weighted by Gasteiger charge is 2.35. The van der Waals surface area contributed by atoms with E-state index in [1.165, 1.54) is 13.0 Å². The summed E-state index contributed by atoms with van der Waals surface area (Å²) < 4.78 is 0. The molecule has 1 heterocycles. The number of hydrogen-bond acceptors (Lipinski definition) is 1. The quantitative estimate of drug-likeness (QED) is 0.535. The maximum atomic E-state index is 2.62. The van der Waals surface area contributed by atoms with E-state index >= 15 is 0 Å². The van der Waals surface area contributed by atoms with E-state index in [1.54, 1.807) is 0 Å². The summed E-state index contributed by atoms with van der Waals surface area (Å²) >= 11 is 0. The van der Waals surface area contributed by atoms with Gasteiger partial charge in [0.1, 0.15) is 0 Å². The SMILES string of the molecule is CC(C)(C)[C@H]1C=CCCN1C(C)(C)C. The second kappa shape index (κ2) is 3.69. The van der Waals surface area contributed by atoms with Crippen molar-refractivity contribution in [3.8, 4) is 0 Å². The van der Waals surface area contributed by atoms with Crippen LogP contribution in [0, 0.1) is 5.41 Å². The van der Waals surface area contributed by atoms with Crippen LogP contribution in [0.25, 0.3) is 0 Å². The molecule has 1 atom stereocenters. The van der Waals surface area contributed by atoms with Crippen LogP contribution in [-0.2, 0) is 0 Å². The highest BCUT2D eigenvalue weighted by Crippen LogP contribution is 2.32. The Bertz CT molecular complexity index is 214. The van der Waals surface area contributed by atoms with Gasteiger partial charge in [-0.25, -0.2) is 0 Å². The van der Waals surface area contributed by atoms with Crippen LogP contribution in [0.4, 0.5) is 0 Å². The van der Waals surface area contributed by atoms with Crippen molar-refractivity contribution >= 4 is 0 Å². The third-order valence-corrected chi connectivity index (χ3v) is 2.94. The fourth-order valence-electron chi connectivity index (χ4n) is 2.19. The molecule has 1 heteroatoms. The van der Waals surface area contributed by atoms with Gasteiger partial charge in [-0.1, -0.05) is 32.9 Å². The molecule has 0 aromatic heterocycles. The van der Waals surface area contributed by atoms with Crippen LogP contribution in [0.1, 0.15) is 48.0 Å². The first kappa shape index (κ1) is 11.8. The van der Waals surface area contributed by atoms with Gasteiger partial charge in [-0.2, -0.15) is 0 Å². The van der Waals surface area contributed by atoms with Gasteiger partial charge in [0.15, 0.2) is 0 Å². The summed E-state index contributed by atoms with van der Waals surface area (Å²) in [6, 6.07) is 0.580. The van der Waals surface area contributed by atoms with Crippen molar-refractivity contribution < 1.29 is 0 Å². The van der Waals surface area contributed by atoms with Gasteiger partial charge in [-0.3, -0.25) is 4.90 Å². The molecule has 1 rings (SSSR count). The maximum absolute atomic E-state index is 2.62. The molecule has 0 aromatic carbocycles. The van der Waals surface area contributed by atoms with E-state index in [0.717, 1.165) is 0 Å². The normalized spacial score (nSPS) is 25.4. The lowest BCUT2D eigenvalue weighted by atomic mass is 9.81. The molecule has 1 aliphatic rings. The molecule has 0 unspecified atom stereocenters. The van der Waals surface area contributed by atoms with Crippen LogP contribution >= 0.6 is 0 Å². The molecule has 0 N–H and O–H groups in total. The van der Waals surface area contributed by atoms with Crippen molar-refractivity contribution in [2.24, 2.45) is 5.41 Å². The summed E-state index contributed by atoms with van der Waals surface area (Å²) in [6.07, 6.45) is 5.91. The first-order valence-electron chi connectivity index (χ1n) is 5.66. The molecule has 0 amide bonds. The smallest absolute Gasteiger partial charge is 0.0332 e. The van der Waals surface area contributed by atoms with Crippen molar-refractivity contribution in [1.82, 2.24) is 4.90 Å². The average Bonchev–Trinajstić information content (AvgIpc) is 2.01. The van der Waals surface area contributed by atoms with Crippen LogP contribution in [0.3, 0.4) is 0 Å². The van der Waals surface area contributed by atoms with E-state index in [1.807, 2.05) is 0 Å². The molecule has 0 spiro atoms. The topological polar surface area (TPSA) is 3.24 Å². The van der Waals surface area contributed by atoms with Crippen LogP contribution in [0.5, 0.6) is 0 Å². The Hall–Kier alpha value is -0.300. The van der Waals surface area contributed by atoms with E-state index in [2.05, 4.69) is 58.6 Å². The van der Waals surface area contributed by atoms with Crippen LogP contribution in [-0.4, -0.2) is 23.0 Å². The summed E-state index contributed by atoms with van der Waals surface area (Å²) in [5, 5.41) is 0. The van der Waals surface area contributed by atoms with Crippen molar-refractivity contribution in [1.29, 1.82) is 0 Å². The van der Waals surface area contributed by atoms with Gasteiger partial charge < -0.3 is 0 Å². The molecule has 1 nitrogen and oxygen atoms in total. The van der Waals surface area contributed by atoms with Crippen LogP contribution < -0.4 is 0 Å². The second-order valence-corrected chi connectivity index (χ2v) is 6.39. The van der Waals surface area contributed by atoms with Crippen molar-refractivity contribution in [2.45, 2.75) is 59.5 Å². The Morgan fingerprint density at radius 2 is 1.64 bits per heavy atom. The summed E-state index contributed by atoms with van der Waals surface area (Å²) in [5.74, 6) is 0. The zero-order chi connectivity index (χ0) is 11.0. The number of hydrogen-bond donors (Lipinski definition) is 0. The molecular formula is C13H25N. The Balaban J connectivity index is 2.90. The van der Waals surface area contributed by atoms with E-state index in [0.29, 0.717) is 11.5 Å². The zero-order valence-electron chi connectivity index (χ0n) is 10.6. The van der Waals surface area contributed by atoms with Crippen LogP contribution in [0.2, 0.25) is 0 Å². The molecule has 0 aliphatic carbocycles. The highest BCUT2D eigenvalue weighted by molar-refractivity contribution is 5.07. The van der Waals surface area contributed by atoms with Crippen molar-refractivity contribution in [3.05, 3.63) is 12.2 Å². The van der Waals surface area contributed by atoms with Gasteiger partial charge in [-0.05, 0) is 32.6 Å². The standard InChI is InChI=1S/C13H25N/c1-12(2,3)11-9-7-8-10-14(11)13(4,5)6/h7,9,11H,8,10H2,1-6H3/t11-/m1/s1. The molecule has 0 saturated heterocycles. The van der Waals surface area contributed by atoms with Gasteiger partial charge >= 0.3 is 0 Å². The molecule has 14 heavy (non-hydrogen) atoms. The summed E-state index contributed by atoms with van der Waals surface area (Å²) in [4.78, 5) is 2.62. The fourth-order valence-corrected chi connectivity index (χ4v) is 2.19. The lowest BCUT2D eigenvalue weighted by Crippen LogP contribution is -2.53. The predicted molar refractivity (Wildman–Crippen MR) is 63.5 cm³/mol. The van der Waals surface area contributed by atoms with Gasteiger partial charge in [0.25, 0.3) is 0 Å². The van der Waals surface area contributed by atoms with E-state index in [4.69, 9.17) is 0 Å². The highest BCUT2D eigenvalue weighted by atomic mass is 15.2. The summed E-state index contributed by atoms with van der Waals surface area (Å²) in [7, 11) is 0. The molecule has 0 saturated carbocycles. The first-order valence-corrected chi connectivity index (χ1v) is 5.66. The minimum atomic E-state index is 0.280. The van der Waals surface area contributed by atoms with Crippen molar-refractivity contribution in [2.75, 3.05) is 6.54 Å². The Labute approximate surface area is 89.2 Å².